The van der Waals surface area contributed by atoms with Crippen LogP contribution < -0.4 is 10.0 Å². The maximum absolute atomic E-state index is 14.1. The highest BCUT2D eigenvalue weighted by molar-refractivity contribution is 7.92. The molecule has 7 nitrogen and oxygen atoms in total. The Morgan fingerprint density at radius 3 is 2.48 bits per heavy atom. The predicted octanol–water partition coefficient (Wildman–Crippen LogP) is 4.45. The predicted molar refractivity (Wildman–Crippen MR) is 123 cm³/mol. The third-order valence-corrected chi connectivity index (χ3v) is 5.34. The van der Waals surface area contributed by atoms with Crippen molar-refractivity contribution in [3.63, 3.8) is 0 Å². The van der Waals surface area contributed by atoms with Crippen molar-refractivity contribution in [2.24, 2.45) is 0 Å². The zero-order chi connectivity index (χ0) is 23.4. The minimum Gasteiger partial charge on any atom is -0.436 e. The Hall–Kier alpha value is -3.98. The van der Waals surface area contributed by atoms with E-state index in [-0.39, 0.29) is 29.7 Å². The van der Waals surface area contributed by atoms with E-state index in [0.29, 0.717) is 22.4 Å². The number of carbonyl (C=O) groups is 1. The van der Waals surface area contributed by atoms with Crippen LogP contribution in [0.2, 0.25) is 0 Å². The second-order valence-electron chi connectivity index (χ2n) is 7.31. The lowest BCUT2D eigenvalue weighted by atomic mass is 10.1. The van der Waals surface area contributed by atoms with Crippen molar-refractivity contribution in [3.8, 4) is 22.8 Å². The number of hydrogen-bond donors (Lipinski definition) is 2. The standard InChI is InChI=1S/C24H20FN3O4S/c1-33(30,31)28-17-8-6-7-16(13-17)14-26-23(29)18-9-2-3-10-19(18)24-27-15-22(32-24)20-11-4-5-12-21(20)25/h2-13,15,28H,14H2,1H3,(H,26,29). The fourth-order valence-corrected chi connectivity index (χ4v) is 3.84. The van der Waals surface area contributed by atoms with Crippen LogP contribution in [-0.2, 0) is 16.6 Å². The number of carbonyl (C=O) groups excluding carboxylic acids is 1. The van der Waals surface area contributed by atoms with Gasteiger partial charge in [-0.15, -0.1) is 0 Å². The zero-order valence-electron chi connectivity index (χ0n) is 17.6. The van der Waals surface area contributed by atoms with Gasteiger partial charge in [0.25, 0.3) is 5.91 Å². The molecule has 0 unspecified atom stereocenters. The lowest BCUT2D eigenvalue weighted by Crippen LogP contribution is -2.23. The summed E-state index contributed by atoms with van der Waals surface area (Å²) in [6.07, 6.45) is 2.49. The van der Waals surface area contributed by atoms with Crippen LogP contribution in [0, 0.1) is 5.82 Å². The maximum atomic E-state index is 14.1. The first-order chi connectivity index (χ1) is 15.8. The molecule has 0 atom stereocenters. The van der Waals surface area contributed by atoms with Crippen molar-refractivity contribution >= 4 is 21.6 Å². The molecule has 1 aromatic heterocycles. The third kappa shape index (κ3) is 5.45. The first-order valence-electron chi connectivity index (χ1n) is 9.95. The van der Waals surface area contributed by atoms with Crippen molar-refractivity contribution < 1.29 is 22.0 Å². The normalized spacial score (nSPS) is 11.2. The quantitative estimate of drug-likeness (QED) is 0.420. The van der Waals surface area contributed by atoms with Crippen molar-refractivity contribution in [2.75, 3.05) is 11.0 Å². The lowest BCUT2D eigenvalue weighted by molar-refractivity contribution is 0.0951. The number of rotatable bonds is 7. The summed E-state index contributed by atoms with van der Waals surface area (Å²) in [5.74, 6) is -0.344. The number of amides is 1. The van der Waals surface area contributed by atoms with Crippen LogP contribution in [0.1, 0.15) is 15.9 Å². The summed E-state index contributed by atoms with van der Waals surface area (Å²) in [6.45, 7) is 0.179. The average molecular weight is 466 g/mol. The second kappa shape index (κ2) is 9.25. The van der Waals surface area contributed by atoms with E-state index in [1.165, 1.54) is 12.3 Å². The first-order valence-corrected chi connectivity index (χ1v) is 11.8. The molecule has 1 amide bonds. The molecule has 4 aromatic rings. The van der Waals surface area contributed by atoms with Crippen LogP contribution >= 0.6 is 0 Å². The van der Waals surface area contributed by atoms with Crippen LogP contribution in [0.3, 0.4) is 0 Å². The molecule has 9 heteroatoms. The lowest BCUT2D eigenvalue weighted by Gasteiger charge is -2.10. The number of halogens is 1. The maximum Gasteiger partial charge on any atom is 0.252 e. The minimum atomic E-state index is -3.40. The Morgan fingerprint density at radius 2 is 1.73 bits per heavy atom. The highest BCUT2D eigenvalue weighted by Gasteiger charge is 2.18. The summed E-state index contributed by atoms with van der Waals surface area (Å²) < 4.78 is 45.1. The van der Waals surface area contributed by atoms with Gasteiger partial charge in [0.2, 0.25) is 15.9 Å². The number of benzene rings is 3. The van der Waals surface area contributed by atoms with Gasteiger partial charge in [-0.3, -0.25) is 9.52 Å². The van der Waals surface area contributed by atoms with E-state index < -0.39 is 15.8 Å². The largest absolute Gasteiger partial charge is 0.436 e. The summed E-state index contributed by atoms with van der Waals surface area (Å²) in [4.78, 5) is 17.1. The number of sulfonamides is 1. The van der Waals surface area contributed by atoms with Gasteiger partial charge in [0.15, 0.2) is 5.76 Å². The Balaban J connectivity index is 1.53. The van der Waals surface area contributed by atoms with Gasteiger partial charge in [-0.2, -0.15) is 0 Å². The number of nitrogens with zero attached hydrogens (tertiary/aromatic N) is 1. The summed E-state index contributed by atoms with van der Waals surface area (Å²) in [6, 6.07) is 19.7. The molecule has 0 saturated carbocycles. The van der Waals surface area contributed by atoms with Gasteiger partial charge in [-0.05, 0) is 42.0 Å². The number of anilines is 1. The van der Waals surface area contributed by atoms with Gasteiger partial charge in [0.05, 0.1) is 23.6 Å². The first kappa shape index (κ1) is 22.2. The number of hydrogen-bond acceptors (Lipinski definition) is 5. The van der Waals surface area contributed by atoms with Gasteiger partial charge in [-0.25, -0.2) is 17.8 Å². The SMILES string of the molecule is CS(=O)(=O)Nc1cccc(CNC(=O)c2ccccc2-c2ncc(-c3ccccc3F)o2)c1. The molecule has 3 aromatic carbocycles. The zero-order valence-corrected chi connectivity index (χ0v) is 18.4. The molecule has 0 bridgehead atoms. The van der Waals surface area contributed by atoms with Crippen molar-refractivity contribution in [1.29, 1.82) is 0 Å². The molecule has 0 spiro atoms. The molecular formula is C24H20FN3O4S. The highest BCUT2D eigenvalue weighted by Crippen LogP contribution is 2.29. The molecule has 0 saturated heterocycles. The molecule has 1 heterocycles. The molecule has 0 aliphatic heterocycles. The fourth-order valence-electron chi connectivity index (χ4n) is 3.29. The fraction of sp³-hybridized carbons (Fsp3) is 0.0833. The summed E-state index contributed by atoms with van der Waals surface area (Å²) in [5, 5.41) is 2.82. The van der Waals surface area contributed by atoms with Crippen LogP contribution in [0.5, 0.6) is 0 Å². The monoisotopic (exact) mass is 465 g/mol. The molecule has 0 fully saturated rings. The van der Waals surface area contributed by atoms with Crippen molar-refractivity contribution in [2.45, 2.75) is 6.54 Å². The van der Waals surface area contributed by atoms with Crippen LogP contribution in [0.25, 0.3) is 22.8 Å². The van der Waals surface area contributed by atoms with Crippen LogP contribution in [-0.4, -0.2) is 25.6 Å². The topological polar surface area (TPSA) is 101 Å². The smallest absolute Gasteiger partial charge is 0.252 e. The van der Waals surface area contributed by atoms with Crippen molar-refractivity contribution in [3.05, 3.63) is 95.9 Å². The number of oxazole rings is 1. The van der Waals surface area contributed by atoms with E-state index >= 15 is 0 Å². The third-order valence-electron chi connectivity index (χ3n) is 4.73. The van der Waals surface area contributed by atoms with Gasteiger partial charge in [0.1, 0.15) is 5.82 Å². The van der Waals surface area contributed by atoms with E-state index in [0.717, 1.165) is 6.26 Å². The van der Waals surface area contributed by atoms with E-state index in [1.807, 2.05) is 0 Å². The van der Waals surface area contributed by atoms with Gasteiger partial charge >= 0.3 is 0 Å². The summed E-state index contributed by atoms with van der Waals surface area (Å²) >= 11 is 0. The van der Waals surface area contributed by atoms with E-state index in [2.05, 4.69) is 15.0 Å². The molecule has 0 radical (unpaired) electrons. The van der Waals surface area contributed by atoms with Gasteiger partial charge < -0.3 is 9.73 Å². The Bertz CT molecular complexity index is 1420. The molecular weight excluding hydrogens is 445 g/mol. The van der Waals surface area contributed by atoms with E-state index in [9.17, 15) is 17.6 Å². The number of nitrogens with one attached hydrogen (secondary N) is 2. The molecule has 33 heavy (non-hydrogen) atoms. The van der Waals surface area contributed by atoms with Gasteiger partial charge in [-0.1, -0.05) is 36.4 Å². The van der Waals surface area contributed by atoms with Gasteiger partial charge in [0, 0.05) is 17.8 Å². The van der Waals surface area contributed by atoms with Crippen LogP contribution in [0.4, 0.5) is 10.1 Å². The molecule has 4 rings (SSSR count). The summed E-state index contributed by atoms with van der Waals surface area (Å²) in [5.41, 5.74) is 2.20. The Kier molecular flexibility index (Phi) is 6.23. The van der Waals surface area contributed by atoms with E-state index in [1.54, 1.807) is 66.7 Å². The second-order valence-corrected chi connectivity index (χ2v) is 9.06. The Morgan fingerprint density at radius 1 is 1.00 bits per heavy atom. The van der Waals surface area contributed by atoms with E-state index in [4.69, 9.17) is 4.42 Å². The minimum absolute atomic E-state index is 0.179. The molecule has 0 aliphatic carbocycles. The number of aromatic nitrogens is 1. The molecule has 2 N–H and O–H groups in total. The van der Waals surface area contributed by atoms with Crippen molar-refractivity contribution in [1.82, 2.24) is 10.3 Å². The summed E-state index contributed by atoms with van der Waals surface area (Å²) in [7, 11) is -3.40. The molecule has 168 valence electrons. The molecule has 0 aliphatic rings. The highest BCUT2D eigenvalue weighted by atomic mass is 32.2. The Labute approximate surface area is 190 Å². The average Bonchev–Trinajstić information content (AvgIpc) is 3.27. The van der Waals surface area contributed by atoms with Crippen LogP contribution in [0.15, 0.2) is 83.4 Å².